The number of carbonyl (C=O) groups excluding carboxylic acids is 1. The van der Waals surface area contributed by atoms with Crippen molar-refractivity contribution in [3.63, 3.8) is 0 Å². The molecule has 0 aromatic heterocycles. The molecule has 1 aromatic rings. The van der Waals surface area contributed by atoms with Gasteiger partial charge in [-0.1, -0.05) is 25.1 Å². The second-order valence-electron chi connectivity index (χ2n) is 4.05. The summed E-state index contributed by atoms with van der Waals surface area (Å²) in [5, 5.41) is 10.9. The van der Waals surface area contributed by atoms with E-state index in [1.165, 1.54) is 0 Å². The van der Waals surface area contributed by atoms with E-state index < -0.39 is 5.97 Å². The van der Waals surface area contributed by atoms with E-state index in [0.717, 1.165) is 12.0 Å². The van der Waals surface area contributed by atoms with Gasteiger partial charge in [0, 0.05) is 6.54 Å². The van der Waals surface area contributed by atoms with Crippen LogP contribution in [-0.4, -0.2) is 43.3 Å². The lowest BCUT2D eigenvalue weighted by Crippen LogP contribution is -2.32. The fourth-order valence-electron chi connectivity index (χ4n) is 1.55. The summed E-state index contributed by atoms with van der Waals surface area (Å²) in [4.78, 5) is 21.7. The van der Waals surface area contributed by atoms with Crippen molar-refractivity contribution < 1.29 is 24.2 Å². The molecule has 2 N–H and O–H groups in total. The number of hydrogen-bond donors (Lipinski definition) is 2. The van der Waals surface area contributed by atoms with E-state index in [9.17, 15) is 9.59 Å². The van der Waals surface area contributed by atoms with Crippen molar-refractivity contribution in [3.8, 4) is 5.75 Å². The minimum atomic E-state index is -1.03. The predicted octanol–water partition coefficient (Wildman–Crippen LogP) is 0.845. The Kier molecular flexibility index (Phi) is 7.13. The van der Waals surface area contributed by atoms with Crippen molar-refractivity contribution in [2.75, 3.05) is 26.4 Å². The number of carbonyl (C=O) groups is 2. The molecule has 0 fully saturated rings. The van der Waals surface area contributed by atoms with E-state index >= 15 is 0 Å². The van der Waals surface area contributed by atoms with Crippen LogP contribution in [0.4, 0.5) is 0 Å². The van der Waals surface area contributed by atoms with E-state index in [1.807, 2.05) is 31.2 Å². The highest BCUT2D eigenvalue weighted by atomic mass is 16.5. The number of aryl methyl sites for hydroxylation is 1. The molecule has 0 spiro atoms. The number of benzene rings is 1. The summed E-state index contributed by atoms with van der Waals surface area (Å²) in [6.07, 6.45) is 0.834. The number of carboxylic acids is 1. The molecule has 0 atom stereocenters. The molecule has 0 aliphatic carbocycles. The highest BCUT2D eigenvalue weighted by Crippen LogP contribution is 2.17. The van der Waals surface area contributed by atoms with E-state index in [0.29, 0.717) is 5.75 Å². The topological polar surface area (TPSA) is 84.9 Å². The van der Waals surface area contributed by atoms with Crippen LogP contribution in [0, 0.1) is 0 Å². The number of para-hydroxylation sites is 1. The van der Waals surface area contributed by atoms with E-state index in [1.54, 1.807) is 0 Å². The highest BCUT2D eigenvalue weighted by Gasteiger charge is 2.05. The molecule has 0 aliphatic heterocycles. The monoisotopic (exact) mass is 281 g/mol. The smallest absolute Gasteiger partial charge is 0.329 e. The minimum Gasteiger partial charge on any atom is -0.483 e. The van der Waals surface area contributed by atoms with Gasteiger partial charge in [-0.05, 0) is 18.1 Å². The van der Waals surface area contributed by atoms with Gasteiger partial charge in [0.2, 0.25) is 0 Å². The first-order chi connectivity index (χ1) is 9.63. The second kappa shape index (κ2) is 8.92. The molecule has 0 unspecified atom stereocenters. The molecule has 6 nitrogen and oxygen atoms in total. The first-order valence-electron chi connectivity index (χ1n) is 6.40. The van der Waals surface area contributed by atoms with Crippen molar-refractivity contribution >= 4 is 11.9 Å². The highest BCUT2D eigenvalue weighted by molar-refractivity contribution is 5.77. The Bertz CT molecular complexity index is 447. The van der Waals surface area contributed by atoms with Gasteiger partial charge in [0.15, 0.2) is 6.61 Å². The molecule has 0 aliphatic rings. The van der Waals surface area contributed by atoms with Gasteiger partial charge >= 0.3 is 5.97 Å². The van der Waals surface area contributed by atoms with Gasteiger partial charge in [0.05, 0.1) is 6.61 Å². The molecule has 20 heavy (non-hydrogen) atoms. The largest absolute Gasteiger partial charge is 0.483 e. The zero-order valence-electron chi connectivity index (χ0n) is 11.4. The quantitative estimate of drug-likeness (QED) is 0.655. The lowest BCUT2D eigenvalue weighted by atomic mass is 10.1. The average Bonchev–Trinajstić information content (AvgIpc) is 2.44. The third-order valence-electron chi connectivity index (χ3n) is 2.51. The van der Waals surface area contributed by atoms with E-state index in [-0.39, 0.29) is 32.3 Å². The van der Waals surface area contributed by atoms with Gasteiger partial charge in [-0.2, -0.15) is 0 Å². The maximum Gasteiger partial charge on any atom is 0.329 e. The van der Waals surface area contributed by atoms with Gasteiger partial charge < -0.3 is 19.9 Å². The fraction of sp³-hybridized carbons (Fsp3) is 0.429. The second-order valence-corrected chi connectivity index (χ2v) is 4.05. The van der Waals surface area contributed by atoms with Crippen molar-refractivity contribution in [2.24, 2.45) is 0 Å². The first-order valence-corrected chi connectivity index (χ1v) is 6.40. The summed E-state index contributed by atoms with van der Waals surface area (Å²) in [5.41, 5.74) is 1.05. The minimum absolute atomic E-state index is 0.0735. The predicted molar refractivity (Wildman–Crippen MR) is 72.8 cm³/mol. The van der Waals surface area contributed by atoms with Gasteiger partial charge in [-0.3, -0.25) is 4.79 Å². The van der Waals surface area contributed by atoms with Crippen LogP contribution in [0.1, 0.15) is 12.5 Å². The Morgan fingerprint density at radius 1 is 1.25 bits per heavy atom. The summed E-state index contributed by atoms with van der Waals surface area (Å²) in [6, 6.07) is 7.55. The zero-order valence-corrected chi connectivity index (χ0v) is 11.4. The van der Waals surface area contributed by atoms with Gasteiger partial charge in [-0.25, -0.2) is 4.79 Å². The standard InChI is InChI=1S/C14H19NO5/c1-2-11-5-3-4-6-12(11)20-9-13(16)15-7-8-19-10-14(17)18/h3-6H,2,7-10H2,1H3,(H,15,16)(H,17,18). The molecule has 0 radical (unpaired) electrons. The summed E-state index contributed by atoms with van der Waals surface area (Å²) >= 11 is 0. The third-order valence-corrected chi connectivity index (χ3v) is 2.51. The lowest BCUT2D eigenvalue weighted by molar-refractivity contribution is -0.142. The number of hydrogen-bond acceptors (Lipinski definition) is 4. The molecular weight excluding hydrogens is 262 g/mol. The molecule has 110 valence electrons. The normalized spacial score (nSPS) is 10.1. The van der Waals surface area contributed by atoms with Crippen LogP contribution in [-0.2, 0) is 20.7 Å². The van der Waals surface area contributed by atoms with Crippen LogP contribution in [0.25, 0.3) is 0 Å². The molecule has 6 heteroatoms. The van der Waals surface area contributed by atoms with Crippen LogP contribution in [0.15, 0.2) is 24.3 Å². The Hall–Kier alpha value is -2.08. The van der Waals surface area contributed by atoms with Gasteiger partial charge in [0.25, 0.3) is 5.91 Å². The van der Waals surface area contributed by atoms with Crippen LogP contribution in [0.3, 0.4) is 0 Å². The van der Waals surface area contributed by atoms with Crippen molar-refractivity contribution in [2.45, 2.75) is 13.3 Å². The van der Waals surface area contributed by atoms with Gasteiger partial charge in [0.1, 0.15) is 12.4 Å². The Morgan fingerprint density at radius 3 is 2.70 bits per heavy atom. The molecule has 0 saturated heterocycles. The summed E-state index contributed by atoms with van der Waals surface area (Å²) in [5.74, 6) is -0.599. The SMILES string of the molecule is CCc1ccccc1OCC(=O)NCCOCC(=O)O. The third kappa shape index (κ3) is 6.19. The molecule has 1 aromatic carbocycles. The lowest BCUT2D eigenvalue weighted by Gasteiger charge is -2.10. The number of carboxylic acid groups (broad SMARTS) is 1. The summed E-state index contributed by atoms with van der Waals surface area (Å²) in [7, 11) is 0. The zero-order chi connectivity index (χ0) is 14.8. The Balaban J connectivity index is 2.21. The molecule has 0 heterocycles. The van der Waals surface area contributed by atoms with Crippen molar-refractivity contribution in [3.05, 3.63) is 29.8 Å². The number of ether oxygens (including phenoxy) is 2. The van der Waals surface area contributed by atoms with Crippen LogP contribution in [0.5, 0.6) is 5.75 Å². The molecule has 1 rings (SSSR count). The van der Waals surface area contributed by atoms with Gasteiger partial charge in [-0.15, -0.1) is 0 Å². The number of aliphatic carboxylic acids is 1. The summed E-state index contributed by atoms with van der Waals surface area (Å²) in [6.45, 7) is 1.99. The molecule has 0 bridgehead atoms. The number of nitrogens with one attached hydrogen (secondary N) is 1. The average molecular weight is 281 g/mol. The number of rotatable bonds is 9. The Morgan fingerprint density at radius 2 is 2.00 bits per heavy atom. The first kappa shape index (κ1) is 16.0. The van der Waals surface area contributed by atoms with E-state index in [2.05, 4.69) is 5.32 Å². The van der Waals surface area contributed by atoms with Crippen molar-refractivity contribution in [1.29, 1.82) is 0 Å². The van der Waals surface area contributed by atoms with Crippen LogP contribution < -0.4 is 10.1 Å². The van der Waals surface area contributed by atoms with Crippen LogP contribution >= 0.6 is 0 Å². The molecule has 1 amide bonds. The number of amides is 1. The van der Waals surface area contributed by atoms with Crippen molar-refractivity contribution in [1.82, 2.24) is 5.32 Å². The summed E-state index contributed by atoms with van der Waals surface area (Å²) < 4.78 is 10.2. The van der Waals surface area contributed by atoms with E-state index in [4.69, 9.17) is 14.6 Å². The maximum atomic E-state index is 11.5. The fourth-order valence-corrected chi connectivity index (χ4v) is 1.55. The van der Waals surface area contributed by atoms with Crippen LogP contribution in [0.2, 0.25) is 0 Å². The Labute approximate surface area is 117 Å². The molecular formula is C14H19NO5. The molecule has 0 saturated carbocycles. The maximum absolute atomic E-state index is 11.5.